The zero-order valence-corrected chi connectivity index (χ0v) is 8.76. The Labute approximate surface area is 87.5 Å². The summed E-state index contributed by atoms with van der Waals surface area (Å²) in [7, 11) is 0. The molecule has 0 unspecified atom stereocenters. The Morgan fingerprint density at radius 3 is 2.57 bits per heavy atom. The monoisotopic (exact) mass is 210 g/mol. The lowest BCUT2D eigenvalue weighted by molar-refractivity contribution is 0.886. The molecule has 1 aliphatic rings. The van der Waals surface area contributed by atoms with Gasteiger partial charge in [-0.15, -0.1) is 11.8 Å². The van der Waals surface area contributed by atoms with E-state index < -0.39 is 0 Å². The van der Waals surface area contributed by atoms with Gasteiger partial charge in [-0.25, -0.2) is 4.98 Å². The molecular weight excluding hydrogens is 196 g/mol. The number of anilines is 2. The first-order valence-corrected chi connectivity index (χ1v) is 5.69. The molecule has 1 fully saturated rings. The third-order valence-electron chi connectivity index (χ3n) is 2.33. The molecule has 0 bridgehead atoms. The number of nitrogen functional groups attached to an aromatic ring is 2. The molecule has 0 amide bonds. The number of hydrogen-bond donors (Lipinski definition) is 2. The van der Waals surface area contributed by atoms with Gasteiger partial charge < -0.3 is 11.5 Å². The summed E-state index contributed by atoms with van der Waals surface area (Å²) in [6.07, 6.45) is 5.20. The zero-order chi connectivity index (χ0) is 9.97. The summed E-state index contributed by atoms with van der Waals surface area (Å²) >= 11 is 1.77. The van der Waals surface area contributed by atoms with Crippen LogP contribution in [0.25, 0.3) is 0 Å². The first kappa shape index (κ1) is 9.58. The summed E-state index contributed by atoms with van der Waals surface area (Å²) in [6, 6.07) is 1.79. The topological polar surface area (TPSA) is 77.8 Å². The van der Waals surface area contributed by atoms with Gasteiger partial charge >= 0.3 is 0 Å². The van der Waals surface area contributed by atoms with E-state index in [1.165, 1.54) is 25.7 Å². The van der Waals surface area contributed by atoms with Gasteiger partial charge in [0.2, 0.25) is 5.95 Å². The lowest BCUT2D eigenvalue weighted by Crippen LogP contribution is -2.02. The van der Waals surface area contributed by atoms with Gasteiger partial charge in [-0.05, 0) is 12.8 Å². The molecule has 0 saturated heterocycles. The van der Waals surface area contributed by atoms with Crippen molar-refractivity contribution in [1.29, 1.82) is 0 Å². The average molecular weight is 210 g/mol. The van der Waals surface area contributed by atoms with Crippen LogP contribution < -0.4 is 11.5 Å². The van der Waals surface area contributed by atoms with Crippen LogP contribution in [0.5, 0.6) is 0 Å². The van der Waals surface area contributed by atoms with E-state index in [0.717, 1.165) is 5.03 Å². The molecule has 4 N–H and O–H groups in total. The fraction of sp³-hybridized carbons (Fsp3) is 0.556. The first-order chi connectivity index (χ1) is 6.74. The molecule has 0 aliphatic heterocycles. The number of aromatic nitrogens is 2. The maximum Gasteiger partial charge on any atom is 0.223 e. The second-order valence-corrected chi connectivity index (χ2v) is 4.83. The standard InChI is InChI=1S/C9H14N4S/c10-7-5-8(13-9(11)12-7)14-6-3-1-2-4-6/h5-6H,1-4H2,(H4,10,11,12,13). The Hall–Kier alpha value is -0.970. The van der Waals surface area contributed by atoms with Crippen LogP contribution in [0.4, 0.5) is 11.8 Å². The van der Waals surface area contributed by atoms with Crippen LogP contribution in [0, 0.1) is 0 Å². The van der Waals surface area contributed by atoms with Gasteiger partial charge in [0.05, 0.1) is 0 Å². The third kappa shape index (κ3) is 2.29. The Morgan fingerprint density at radius 1 is 1.21 bits per heavy atom. The molecule has 5 heteroatoms. The molecule has 1 heterocycles. The molecule has 2 rings (SSSR count). The molecule has 0 radical (unpaired) electrons. The SMILES string of the molecule is Nc1cc(SC2CCCC2)nc(N)n1. The fourth-order valence-electron chi connectivity index (χ4n) is 1.70. The molecule has 0 spiro atoms. The Kier molecular flexibility index (Phi) is 2.77. The minimum Gasteiger partial charge on any atom is -0.383 e. The molecule has 1 aromatic rings. The largest absolute Gasteiger partial charge is 0.383 e. The summed E-state index contributed by atoms with van der Waals surface area (Å²) in [6.45, 7) is 0. The number of hydrogen-bond acceptors (Lipinski definition) is 5. The summed E-state index contributed by atoms with van der Waals surface area (Å²) in [5.41, 5.74) is 11.1. The fourth-order valence-corrected chi connectivity index (χ4v) is 2.94. The lowest BCUT2D eigenvalue weighted by Gasteiger charge is -2.08. The van der Waals surface area contributed by atoms with Crippen molar-refractivity contribution in [3.8, 4) is 0 Å². The molecule has 14 heavy (non-hydrogen) atoms. The lowest BCUT2D eigenvalue weighted by atomic mass is 10.4. The predicted octanol–water partition coefficient (Wildman–Crippen LogP) is 1.68. The number of nitrogens with zero attached hydrogens (tertiary/aromatic N) is 2. The Bertz CT molecular complexity index is 302. The van der Waals surface area contributed by atoms with Crippen LogP contribution in [0.3, 0.4) is 0 Å². The smallest absolute Gasteiger partial charge is 0.223 e. The number of rotatable bonds is 2. The summed E-state index contributed by atoms with van der Waals surface area (Å²) in [5, 5.41) is 1.59. The highest BCUT2D eigenvalue weighted by molar-refractivity contribution is 7.99. The van der Waals surface area contributed by atoms with Gasteiger partial charge in [0, 0.05) is 11.3 Å². The van der Waals surface area contributed by atoms with Crippen molar-refractivity contribution in [3.63, 3.8) is 0 Å². The second-order valence-electron chi connectivity index (χ2n) is 3.51. The van der Waals surface area contributed by atoms with Gasteiger partial charge in [-0.1, -0.05) is 12.8 Å². The third-order valence-corrected chi connectivity index (χ3v) is 3.58. The molecular formula is C9H14N4S. The van der Waals surface area contributed by atoms with Crippen molar-refractivity contribution < 1.29 is 0 Å². The molecule has 4 nitrogen and oxygen atoms in total. The Balaban J connectivity index is 2.07. The van der Waals surface area contributed by atoms with E-state index in [9.17, 15) is 0 Å². The second kappa shape index (κ2) is 4.04. The van der Waals surface area contributed by atoms with Crippen LogP contribution in [0.15, 0.2) is 11.1 Å². The van der Waals surface area contributed by atoms with Crippen molar-refractivity contribution in [3.05, 3.63) is 6.07 Å². The molecule has 76 valence electrons. The van der Waals surface area contributed by atoms with Gasteiger partial charge in [0.25, 0.3) is 0 Å². The van der Waals surface area contributed by atoms with E-state index in [-0.39, 0.29) is 5.95 Å². The van der Waals surface area contributed by atoms with E-state index in [4.69, 9.17) is 11.5 Å². The highest BCUT2D eigenvalue weighted by Gasteiger charge is 2.17. The molecule has 0 aromatic carbocycles. The van der Waals surface area contributed by atoms with E-state index in [1.807, 2.05) is 0 Å². The minimum atomic E-state index is 0.269. The highest BCUT2D eigenvalue weighted by atomic mass is 32.2. The predicted molar refractivity (Wildman–Crippen MR) is 59.0 cm³/mol. The van der Waals surface area contributed by atoms with Crippen molar-refractivity contribution in [2.75, 3.05) is 11.5 Å². The molecule has 1 aliphatic carbocycles. The van der Waals surface area contributed by atoms with Gasteiger partial charge in [0.1, 0.15) is 10.8 Å². The maximum absolute atomic E-state index is 5.59. The van der Waals surface area contributed by atoms with Crippen LogP contribution in [0.1, 0.15) is 25.7 Å². The van der Waals surface area contributed by atoms with Crippen molar-refractivity contribution in [2.45, 2.75) is 36.0 Å². The van der Waals surface area contributed by atoms with E-state index in [1.54, 1.807) is 17.8 Å². The molecule has 1 saturated carbocycles. The number of nitrogens with two attached hydrogens (primary N) is 2. The van der Waals surface area contributed by atoms with Crippen LogP contribution in [-0.2, 0) is 0 Å². The molecule has 1 aromatic heterocycles. The highest BCUT2D eigenvalue weighted by Crippen LogP contribution is 2.34. The van der Waals surface area contributed by atoms with Gasteiger partial charge in [-0.2, -0.15) is 4.98 Å². The van der Waals surface area contributed by atoms with Crippen molar-refractivity contribution >= 4 is 23.5 Å². The first-order valence-electron chi connectivity index (χ1n) is 4.81. The van der Waals surface area contributed by atoms with Gasteiger partial charge in [0.15, 0.2) is 0 Å². The zero-order valence-electron chi connectivity index (χ0n) is 7.94. The van der Waals surface area contributed by atoms with Crippen LogP contribution >= 0.6 is 11.8 Å². The number of thioether (sulfide) groups is 1. The quantitative estimate of drug-likeness (QED) is 0.726. The van der Waals surface area contributed by atoms with E-state index in [2.05, 4.69) is 9.97 Å². The molecule has 0 atom stereocenters. The Morgan fingerprint density at radius 2 is 1.93 bits per heavy atom. The van der Waals surface area contributed by atoms with E-state index >= 15 is 0 Å². The maximum atomic E-state index is 5.59. The summed E-state index contributed by atoms with van der Waals surface area (Å²) < 4.78 is 0. The van der Waals surface area contributed by atoms with Crippen LogP contribution in [0.2, 0.25) is 0 Å². The normalized spacial score (nSPS) is 17.4. The van der Waals surface area contributed by atoms with Gasteiger partial charge in [-0.3, -0.25) is 0 Å². The van der Waals surface area contributed by atoms with Crippen LogP contribution in [-0.4, -0.2) is 15.2 Å². The van der Waals surface area contributed by atoms with E-state index in [0.29, 0.717) is 11.1 Å². The van der Waals surface area contributed by atoms with Crippen molar-refractivity contribution in [1.82, 2.24) is 9.97 Å². The van der Waals surface area contributed by atoms with Crippen molar-refractivity contribution in [2.24, 2.45) is 0 Å². The average Bonchev–Trinajstić information content (AvgIpc) is 2.54. The summed E-state index contributed by atoms with van der Waals surface area (Å²) in [5.74, 6) is 0.725. The summed E-state index contributed by atoms with van der Waals surface area (Å²) in [4.78, 5) is 7.99. The minimum absolute atomic E-state index is 0.269.